The molecule has 0 bridgehead atoms. The highest BCUT2D eigenvalue weighted by atomic mass is 79.9. The molecule has 1 aliphatic carbocycles. The molecule has 4 nitrogen and oxygen atoms in total. The van der Waals surface area contributed by atoms with Gasteiger partial charge < -0.3 is 15.0 Å². The Bertz CT molecular complexity index is 897. The first-order chi connectivity index (χ1) is 11.7. The van der Waals surface area contributed by atoms with Gasteiger partial charge in [0.1, 0.15) is 16.9 Å². The van der Waals surface area contributed by atoms with Crippen molar-refractivity contribution in [2.24, 2.45) is 13.0 Å². The van der Waals surface area contributed by atoms with Gasteiger partial charge >= 0.3 is 0 Å². The van der Waals surface area contributed by atoms with E-state index in [-0.39, 0.29) is 26.1 Å². The van der Waals surface area contributed by atoms with Crippen LogP contribution in [0.25, 0.3) is 10.9 Å². The van der Waals surface area contributed by atoms with Gasteiger partial charge in [0.05, 0.1) is 21.7 Å². The number of hydrogen-bond acceptors (Lipinski definition) is 3. The molecule has 2 aromatic rings. The molecule has 0 radical (unpaired) electrons. The molecule has 9 heteroatoms. The quantitative estimate of drug-likeness (QED) is 0.675. The van der Waals surface area contributed by atoms with Crippen molar-refractivity contribution in [1.82, 2.24) is 4.57 Å². The number of pyridine rings is 1. The number of hydrogen-bond donors (Lipinski definition) is 2. The van der Waals surface area contributed by atoms with Gasteiger partial charge in [-0.1, -0.05) is 0 Å². The summed E-state index contributed by atoms with van der Waals surface area (Å²) in [6.07, 6.45) is 1.23. The zero-order chi connectivity index (χ0) is 18.5. The number of aliphatic hydroxyl groups is 1. The largest absolute Gasteiger partial charge is 0.390 e. The second-order valence-corrected chi connectivity index (χ2v) is 7.86. The minimum Gasteiger partial charge on any atom is -0.390 e. The van der Waals surface area contributed by atoms with Crippen LogP contribution in [-0.2, 0) is 7.05 Å². The highest BCUT2D eigenvalue weighted by Gasteiger charge is 2.48. The van der Waals surface area contributed by atoms with Crippen molar-refractivity contribution in [2.45, 2.75) is 24.8 Å². The number of nitrogens with one attached hydrogen (secondary N) is 1. The maximum atomic E-state index is 14.2. The lowest BCUT2D eigenvalue weighted by Crippen LogP contribution is -2.44. The smallest absolute Gasteiger partial charge is 0.290 e. The second-order valence-electron chi connectivity index (χ2n) is 6.22. The van der Waals surface area contributed by atoms with E-state index in [2.05, 4.69) is 37.2 Å². The average Bonchev–Trinajstić information content (AvgIpc) is 3.39. The molecule has 2 N–H and O–H groups in total. The third kappa shape index (κ3) is 3.33. The molecule has 1 aliphatic rings. The minimum absolute atomic E-state index is 0.0837. The Labute approximate surface area is 158 Å². The number of aryl methyl sites for hydroxylation is 1. The molecule has 0 spiro atoms. The van der Waals surface area contributed by atoms with Crippen LogP contribution in [0.5, 0.6) is 0 Å². The van der Waals surface area contributed by atoms with Crippen molar-refractivity contribution in [1.29, 1.82) is 0 Å². The fraction of sp³-hybridized carbons (Fsp3) is 0.438. The number of halogens is 5. The molecule has 1 heterocycles. The predicted octanol–water partition coefficient (Wildman–Crippen LogP) is 4.02. The molecule has 1 saturated carbocycles. The van der Waals surface area contributed by atoms with Crippen LogP contribution in [-0.4, -0.2) is 28.2 Å². The van der Waals surface area contributed by atoms with Crippen LogP contribution in [0.2, 0.25) is 0 Å². The average molecular weight is 484 g/mol. The molecule has 1 atom stereocenters. The van der Waals surface area contributed by atoms with Crippen molar-refractivity contribution in [2.75, 3.05) is 11.9 Å². The van der Waals surface area contributed by atoms with E-state index in [0.717, 1.165) is 0 Å². The summed E-state index contributed by atoms with van der Waals surface area (Å²) in [5.74, 6) is -4.20. The Morgan fingerprint density at radius 3 is 2.60 bits per heavy atom. The van der Waals surface area contributed by atoms with E-state index in [1.54, 1.807) is 0 Å². The fourth-order valence-corrected chi connectivity index (χ4v) is 3.83. The molecular formula is C16H15Br2F3N2O2. The summed E-state index contributed by atoms with van der Waals surface area (Å²) >= 11 is 6.25. The lowest BCUT2D eigenvalue weighted by molar-refractivity contribution is -0.0694. The summed E-state index contributed by atoms with van der Waals surface area (Å²) < 4.78 is 43.7. The Hall–Kier alpha value is -1.06. The summed E-state index contributed by atoms with van der Waals surface area (Å²) in [6.45, 7) is -1.29. The normalized spacial score (nSPS) is 16.3. The fourth-order valence-electron chi connectivity index (χ4n) is 2.89. The van der Waals surface area contributed by atoms with Crippen molar-refractivity contribution >= 4 is 48.5 Å². The van der Waals surface area contributed by atoms with Crippen LogP contribution < -0.4 is 10.9 Å². The van der Waals surface area contributed by atoms with E-state index in [1.165, 1.54) is 23.7 Å². The van der Waals surface area contributed by atoms with Gasteiger partial charge in [0, 0.05) is 12.4 Å². The molecule has 1 aromatic heterocycles. The van der Waals surface area contributed by atoms with Crippen LogP contribution in [0.15, 0.2) is 25.9 Å². The summed E-state index contributed by atoms with van der Waals surface area (Å²) in [5, 5.41) is 12.2. The molecule has 1 aromatic carbocycles. The number of alkyl halides is 2. The van der Waals surface area contributed by atoms with Gasteiger partial charge in [0.15, 0.2) is 0 Å². The van der Waals surface area contributed by atoms with Gasteiger partial charge in [-0.3, -0.25) is 4.79 Å². The van der Waals surface area contributed by atoms with E-state index in [0.29, 0.717) is 18.2 Å². The number of aliphatic hydroxyl groups excluding tert-OH is 1. The lowest BCUT2D eigenvalue weighted by atomic mass is 10.0. The predicted molar refractivity (Wildman–Crippen MR) is 96.7 cm³/mol. The highest BCUT2D eigenvalue weighted by Crippen LogP contribution is 2.43. The first-order valence-electron chi connectivity index (χ1n) is 7.60. The molecule has 25 heavy (non-hydrogen) atoms. The van der Waals surface area contributed by atoms with Crippen LogP contribution >= 0.6 is 31.9 Å². The Balaban J connectivity index is 2.21. The number of anilines is 1. The molecule has 0 saturated heterocycles. The second kappa shape index (κ2) is 6.59. The van der Waals surface area contributed by atoms with Crippen LogP contribution in [0.4, 0.5) is 18.9 Å². The maximum Gasteiger partial charge on any atom is 0.290 e. The Morgan fingerprint density at radius 1 is 1.40 bits per heavy atom. The molecule has 0 aliphatic heterocycles. The van der Waals surface area contributed by atoms with E-state index < -0.39 is 29.9 Å². The zero-order valence-corrected chi connectivity index (χ0v) is 16.3. The Kier molecular flexibility index (Phi) is 4.93. The van der Waals surface area contributed by atoms with Gasteiger partial charge in [-0.05, 0) is 62.8 Å². The van der Waals surface area contributed by atoms with Crippen LogP contribution in [0.3, 0.4) is 0 Å². The number of rotatable bonds is 5. The molecule has 0 unspecified atom stereocenters. The molecule has 136 valence electrons. The van der Waals surface area contributed by atoms with Crippen molar-refractivity contribution in [3.05, 3.63) is 37.2 Å². The van der Waals surface area contributed by atoms with Gasteiger partial charge in [0.25, 0.3) is 11.5 Å². The zero-order valence-electron chi connectivity index (χ0n) is 13.1. The van der Waals surface area contributed by atoms with Crippen LogP contribution in [0, 0.1) is 11.7 Å². The third-order valence-electron chi connectivity index (χ3n) is 4.44. The minimum atomic E-state index is -3.34. The number of fused-ring (bicyclic) bond motifs is 1. The van der Waals surface area contributed by atoms with Crippen LogP contribution in [0.1, 0.15) is 12.8 Å². The summed E-state index contributed by atoms with van der Waals surface area (Å²) in [5.41, 5.74) is -0.0272. The maximum absolute atomic E-state index is 14.2. The first-order valence-corrected chi connectivity index (χ1v) is 9.18. The summed E-state index contributed by atoms with van der Waals surface area (Å²) in [6, 6.07) is 1.31. The molecule has 1 fully saturated rings. The van der Waals surface area contributed by atoms with Crippen molar-refractivity contribution < 1.29 is 18.3 Å². The lowest BCUT2D eigenvalue weighted by Gasteiger charge is -2.28. The number of benzene rings is 1. The third-order valence-corrected chi connectivity index (χ3v) is 5.78. The molecule has 3 rings (SSSR count). The SMILES string of the molecule is Cn1c(=O)c(Br)c(N[C@@H](C2CC2)C(F)(F)CO)c2cc(Br)c(F)cc21. The van der Waals surface area contributed by atoms with Gasteiger partial charge in [-0.25, -0.2) is 13.2 Å². The van der Waals surface area contributed by atoms with Gasteiger partial charge in [0.2, 0.25) is 0 Å². The number of aromatic nitrogens is 1. The van der Waals surface area contributed by atoms with E-state index in [4.69, 9.17) is 5.11 Å². The highest BCUT2D eigenvalue weighted by molar-refractivity contribution is 9.10. The topological polar surface area (TPSA) is 54.3 Å². The monoisotopic (exact) mass is 482 g/mol. The Morgan fingerprint density at radius 2 is 2.04 bits per heavy atom. The van der Waals surface area contributed by atoms with E-state index in [9.17, 15) is 18.0 Å². The summed E-state index contributed by atoms with van der Waals surface area (Å²) in [7, 11) is 1.48. The standard InChI is InChI=1S/C16H15Br2F3N2O2/c1-23-11-5-10(19)9(17)4-8(11)13(12(18)15(23)25)22-14(7-2-3-7)16(20,21)6-24/h4-5,7,14,22,24H,2-3,6H2,1H3/t14-/m0/s1. The first kappa shape index (κ1) is 18.7. The van der Waals surface area contributed by atoms with Gasteiger partial charge in [-0.15, -0.1) is 0 Å². The van der Waals surface area contributed by atoms with Crippen molar-refractivity contribution in [3.63, 3.8) is 0 Å². The van der Waals surface area contributed by atoms with E-state index in [1.807, 2.05) is 0 Å². The van der Waals surface area contributed by atoms with Gasteiger partial charge in [-0.2, -0.15) is 0 Å². The van der Waals surface area contributed by atoms with Crippen molar-refractivity contribution in [3.8, 4) is 0 Å². The number of nitrogens with zero attached hydrogens (tertiary/aromatic N) is 1. The summed E-state index contributed by atoms with van der Waals surface area (Å²) in [4.78, 5) is 12.4. The van der Waals surface area contributed by atoms with E-state index >= 15 is 0 Å². The molecular weight excluding hydrogens is 469 g/mol. The molecule has 0 amide bonds.